The van der Waals surface area contributed by atoms with Crippen LogP contribution in [0.5, 0.6) is 11.5 Å². The molecule has 1 aromatic heterocycles. The number of hydrogen-bond acceptors (Lipinski definition) is 4. The number of para-hydroxylation sites is 1. The molecular formula is C20H17ClN2O4. The lowest BCUT2D eigenvalue weighted by molar-refractivity contribution is -0.116. The van der Waals surface area contributed by atoms with Crippen LogP contribution < -0.4 is 10.1 Å². The van der Waals surface area contributed by atoms with Crippen LogP contribution in [0, 0.1) is 0 Å². The van der Waals surface area contributed by atoms with E-state index in [4.69, 9.17) is 20.8 Å². The summed E-state index contributed by atoms with van der Waals surface area (Å²) in [6.45, 7) is -0.0998. The van der Waals surface area contributed by atoms with E-state index in [0.29, 0.717) is 22.2 Å². The van der Waals surface area contributed by atoms with Gasteiger partial charge in [-0.3, -0.25) is 9.59 Å². The molecule has 7 heteroatoms. The van der Waals surface area contributed by atoms with E-state index in [1.165, 1.54) is 18.2 Å². The van der Waals surface area contributed by atoms with E-state index in [9.17, 15) is 9.59 Å². The Hall–Kier alpha value is -3.25. The van der Waals surface area contributed by atoms with Gasteiger partial charge in [0.05, 0.1) is 17.8 Å². The smallest absolute Gasteiger partial charge is 0.289 e. The summed E-state index contributed by atoms with van der Waals surface area (Å²) in [5.41, 5.74) is 0.588. The molecule has 0 radical (unpaired) electrons. The summed E-state index contributed by atoms with van der Waals surface area (Å²) in [6, 6.07) is 17.2. The van der Waals surface area contributed by atoms with E-state index in [1.54, 1.807) is 48.5 Å². The van der Waals surface area contributed by atoms with Gasteiger partial charge in [0, 0.05) is 12.7 Å². The number of ether oxygens (including phenoxy) is 1. The third-order valence-electron chi connectivity index (χ3n) is 3.66. The molecule has 1 N–H and O–H groups in total. The predicted octanol–water partition coefficient (Wildman–Crippen LogP) is 4.44. The molecule has 0 aliphatic rings. The monoisotopic (exact) mass is 384 g/mol. The molecule has 0 saturated carbocycles. The van der Waals surface area contributed by atoms with Gasteiger partial charge in [-0.05, 0) is 48.5 Å². The van der Waals surface area contributed by atoms with E-state index >= 15 is 0 Å². The van der Waals surface area contributed by atoms with Crippen molar-refractivity contribution in [2.24, 2.45) is 0 Å². The first kappa shape index (κ1) is 18.5. The third-order valence-corrected chi connectivity index (χ3v) is 3.97. The molecule has 2 aromatic carbocycles. The van der Waals surface area contributed by atoms with Crippen molar-refractivity contribution in [1.82, 2.24) is 4.90 Å². The highest BCUT2D eigenvalue weighted by molar-refractivity contribution is 6.32. The van der Waals surface area contributed by atoms with E-state index in [1.807, 2.05) is 12.1 Å². The maximum atomic E-state index is 12.1. The maximum Gasteiger partial charge on any atom is 0.289 e. The second kappa shape index (κ2) is 8.42. The average molecular weight is 385 g/mol. The van der Waals surface area contributed by atoms with Gasteiger partial charge in [0.15, 0.2) is 5.76 Å². The van der Waals surface area contributed by atoms with E-state index < -0.39 is 0 Å². The molecule has 27 heavy (non-hydrogen) atoms. The van der Waals surface area contributed by atoms with E-state index in [-0.39, 0.29) is 24.1 Å². The van der Waals surface area contributed by atoms with Crippen LogP contribution >= 0.6 is 11.6 Å². The maximum absolute atomic E-state index is 12.1. The van der Waals surface area contributed by atoms with Crippen LogP contribution in [0.4, 0.5) is 5.69 Å². The van der Waals surface area contributed by atoms with Crippen molar-refractivity contribution in [3.05, 3.63) is 77.7 Å². The van der Waals surface area contributed by atoms with E-state index in [0.717, 1.165) is 0 Å². The number of carbonyl (C=O) groups excluding carboxylic acids is 2. The largest absolute Gasteiger partial charge is 0.459 e. The summed E-state index contributed by atoms with van der Waals surface area (Å²) >= 11 is 6.06. The number of likely N-dealkylation sites (N-methyl/N-ethyl adjacent to an activating group) is 1. The van der Waals surface area contributed by atoms with E-state index in [2.05, 4.69) is 5.32 Å². The van der Waals surface area contributed by atoms with Gasteiger partial charge in [0.2, 0.25) is 5.91 Å². The zero-order valence-corrected chi connectivity index (χ0v) is 15.3. The molecular weight excluding hydrogens is 368 g/mol. The van der Waals surface area contributed by atoms with Crippen molar-refractivity contribution in [1.29, 1.82) is 0 Å². The van der Waals surface area contributed by atoms with Gasteiger partial charge in [-0.15, -0.1) is 0 Å². The molecule has 0 saturated heterocycles. The third kappa shape index (κ3) is 4.89. The van der Waals surface area contributed by atoms with Crippen LogP contribution in [0.3, 0.4) is 0 Å². The summed E-state index contributed by atoms with van der Waals surface area (Å²) in [5.74, 6) is 0.641. The van der Waals surface area contributed by atoms with Gasteiger partial charge >= 0.3 is 0 Å². The molecule has 0 bridgehead atoms. The minimum Gasteiger partial charge on any atom is -0.459 e. The van der Waals surface area contributed by atoms with Gasteiger partial charge in [0.25, 0.3) is 5.91 Å². The number of hydrogen-bond donors (Lipinski definition) is 1. The molecule has 0 aliphatic heterocycles. The Morgan fingerprint density at radius 2 is 1.81 bits per heavy atom. The number of nitrogens with one attached hydrogen (secondary N) is 1. The van der Waals surface area contributed by atoms with Crippen molar-refractivity contribution in [2.45, 2.75) is 0 Å². The average Bonchev–Trinajstić information content (AvgIpc) is 3.19. The van der Waals surface area contributed by atoms with Crippen LogP contribution in [0.25, 0.3) is 0 Å². The molecule has 3 aromatic rings. The molecule has 138 valence electrons. The lowest BCUT2D eigenvalue weighted by atomic mass is 10.3. The Labute approximate surface area is 161 Å². The van der Waals surface area contributed by atoms with Crippen LogP contribution in [-0.2, 0) is 4.79 Å². The molecule has 6 nitrogen and oxygen atoms in total. The van der Waals surface area contributed by atoms with Crippen molar-refractivity contribution in [2.75, 3.05) is 18.9 Å². The summed E-state index contributed by atoms with van der Waals surface area (Å²) in [4.78, 5) is 25.5. The zero-order chi connectivity index (χ0) is 19.2. The minimum atomic E-state index is -0.362. The number of halogens is 1. The van der Waals surface area contributed by atoms with Crippen molar-refractivity contribution < 1.29 is 18.7 Å². The number of rotatable bonds is 6. The number of anilines is 1. The fourth-order valence-corrected chi connectivity index (χ4v) is 2.51. The second-order valence-electron chi connectivity index (χ2n) is 5.74. The standard InChI is InChI=1S/C20H17ClN2O4/c1-23(20(25)18-7-4-12-26-18)13-19(24)22-14-8-10-15(11-9-14)27-17-6-3-2-5-16(17)21/h2-12H,13H2,1H3,(H,22,24). The molecule has 0 spiro atoms. The fourth-order valence-electron chi connectivity index (χ4n) is 2.34. The van der Waals surface area contributed by atoms with Gasteiger partial charge in [0.1, 0.15) is 11.5 Å². The van der Waals surface area contributed by atoms with Gasteiger partial charge < -0.3 is 19.4 Å². The minimum absolute atomic E-state index is 0.0998. The molecule has 3 rings (SSSR count). The van der Waals surface area contributed by atoms with Crippen LogP contribution in [-0.4, -0.2) is 30.3 Å². The highest BCUT2D eigenvalue weighted by Crippen LogP contribution is 2.29. The van der Waals surface area contributed by atoms with Gasteiger partial charge in [-0.2, -0.15) is 0 Å². The van der Waals surface area contributed by atoms with Gasteiger partial charge in [-0.1, -0.05) is 23.7 Å². The quantitative estimate of drug-likeness (QED) is 0.682. The second-order valence-corrected chi connectivity index (χ2v) is 6.15. The topological polar surface area (TPSA) is 71.8 Å². The molecule has 0 aliphatic carbocycles. The Morgan fingerprint density at radius 3 is 2.48 bits per heavy atom. The summed E-state index contributed by atoms with van der Waals surface area (Å²) in [7, 11) is 1.53. The highest BCUT2D eigenvalue weighted by atomic mass is 35.5. The first-order valence-corrected chi connectivity index (χ1v) is 8.52. The Bertz CT molecular complexity index is 923. The molecule has 1 heterocycles. The number of nitrogens with zero attached hydrogens (tertiary/aromatic N) is 1. The first-order valence-electron chi connectivity index (χ1n) is 8.14. The molecule has 0 fully saturated rings. The first-order chi connectivity index (χ1) is 13.0. The number of carbonyl (C=O) groups is 2. The van der Waals surface area contributed by atoms with Gasteiger partial charge in [-0.25, -0.2) is 0 Å². The summed E-state index contributed by atoms with van der Waals surface area (Å²) in [5, 5.41) is 3.24. The van der Waals surface area contributed by atoms with Crippen LogP contribution in [0.15, 0.2) is 71.3 Å². The van der Waals surface area contributed by atoms with Crippen LogP contribution in [0.2, 0.25) is 5.02 Å². The lowest BCUT2D eigenvalue weighted by Gasteiger charge is -2.15. The number of benzene rings is 2. The molecule has 0 unspecified atom stereocenters. The highest BCUT2D eigenvalue weighted by Gasteiger charge is 2.17. The summed E-state index contributed by atoms with van der Waals surface area (Å²) in [6.07, 6.45) is 1.41. The van der Waals surface area contributed by atoms with Crippen molar-refractivity contribution in [3.8, 4) is 11.5 Å². The van der Waals surface area contributed by atoms with Crippen molar-refractivity contribution >= 4 is 29.1 Å². The molecule has 0 atom stereocenters. The fraction of sp³-hybridized carbons (Fsp3) is 0.100. The Balaban J connectivity index is 1.55. The normalized spacial score (nSPS) is 10.3. The Kier molecular flexibility index (Phi) is 5.78. The van der Waals surface area contributed by atoms with Crippen molar-refractivity contribution in [3.63, 3.8) is 0 Å². The van der Waals surface area contributed by atoms with Crippen LogP contribution in [0.1, 0.15) is 10.6 Å². The number of furan rings is 1. The zero-order valence-electron chi connectivity index (χ0n) is 14.5. The Morgan fingerprint density at radius 1 is 1.07 bits per heavy atom. The predicted molar refractivity (Wildman–Crippen MR) is 102 cm³/mol. The molecule has 2 amide bonds. The number of amides is 2. The SMILES string of the molecule is CN(CC(=O)Nc1ccc(Oc2ccccc2Cl)cc1)C(=O)c1ccco1. The summed E-state index contributed by atoms with van der Waals surface area (Å²) < 4.78 is 10.7. The lowest BCUT2D eigenvalue weighted by Crippen LogP contribution is -2.34.